The van der Waals surface area contributed by atoms with E-state index in [4.69, 9.17) is 5.11 Å². The van der Waals surface area contributed by atoms with Crippen LogP contribution in [0.4, 0.5) is 5.69 Å². The predicted octanol–water partition coefficient (Wildman–Crippen LogP) is 2.12. The van der Waals surface area contributed by atoms with Crippen LogP contribution in [0.5, 0.6) is 0 Å². The molecule has 3 nitrogen and oxygen atoms in total. The van der Waals surface area contributed by atoms with Crippen LogP contribution >= 0.6 is 12.2 Å². The highest BCUT2D eigenvalue weighted by atomic mass is 32.1. The van der Waals surface area contributed by atoms with E-state index in [-0.39, 0.29) is 5.56 Å². The number of aliphatic imine (C=N–C) groups is 1. The first-order chi connectivity index (χ1) is 5.74. The molecule has 0 spiro atoms. The van der Waals surface area contributed by atoms with E-state index in [1.165, 1.54) is 12.1 Å². The van der Waals surface area contributed by atoms with Crippen molar-refractivity contribution in [2.45, 2.75) is 0 Å². The summed E-state index contributed by atoms with van der Waals surface area (Å²) in [5.74, 6) is -0.951. The Balaban J connectivity index is 3.00. The number of nitrogens with zero attached hydrogens (tertiary/aromatic N) is 1. The van der Waals surface area contributed by atoms with E-state index in [0.29, 0.717) is 5.69 Å². The van der Waals surface area contributed by atoms with Gasteiger partial charge in [-0.2, -0.15) is 4.99 Å². The molecule has 1 aromatic carbocycles. The zero-order valence-electron chi connectivity index (χ0n) is 6.02. The number of carboxylic acid groups (broad SMARTS) is 1. The maximum Gasteiger partial charge on any atom is 0.335 e. The molecule has 0 unspecified atom stereocenters. The standard InChI is InChI=1S/C8H5NO2S/c10-8(11)6-1-3-7(4-2-6)9-5-12/h1-4H,(H,10,11). The van der Waals surface area contributed by atoms with Gasteiger partial charge < -0.3 is 5.11 Å². The summed E-state index contributed by atoms with van der Waals surface area (Å²) in [7, 11) is 0. The lowest BCUT2D eigenvalue weighted by Gasteiger charge is -1.92. The van der Waals surface area contributed by atoms with Crippen molar-refractivity contribution in [1.29, 1.82) is 0 Å². The van der Waals surface area contributed by atoms with Crippen LogP contribution in [0.25, 0.3) is 0 Å². The van der Waals surface area contributed by atoms with E-state index < -0.39 is 5.97 Å². The van der Waals surface area contributed by atoms with Gasteiger partial charge in [0.15, 0.2) is 0 Å². The predicted molar refractivity (Wildman–Crippen MR) is 48.1 cm³/mol. The number of thiocarbonyl (C=S) groups is 1. The molecule has 0 saturated heterocycles. The maximum atomic E-state index is 10.4. The van der Waals surface area contributed by atoms with Gasteiger partial charge in [-0.1, -0.05) is 0 Å². The van der Waals surface area contributed by atoms with Crippen LogP contribution < -0.4 is 0 Å². The molecular weight excluding hydrogens is 174 g/mol. The third kappa shape index (κ3) is 1.99. The first-order valence-electron chi connectivity index (χ1n) is 3.15. The molecule has 0 bridgehead atoms. The van der Waals surface area contributed by atoms with Gasteiger partial charge in [0.2, 0.25) is 0 Å². The second-order valence-corrected chi connectivity index (χ2v) is 2.24. The summed E-state index contributed by atoms with van der Waals surface area (Å²) in [6, 6.07) is 6.08. The molecule has 0 saturated carbocycles. The molecule has 0 heterocycles. The molecule has 1 rings (SSSR count). The van der Waals surface area contributed by atoms with Gasteiger partial charge in [-0.3, -0.25) is 0 Å². The number of carbonyl (C=O) groups is 1. The molecule has 0 aromatic heterocycles. The summed E-state index contributed by atoms with van der Waals surface area (Å²) < 4.78 is 0. The highest BCUT2D eigenvalue weighted by Crippen LogP contribution is 2.11. The maximum absolute atomic E-state index is 10.4. The van der Waals surface area contributed by atoms with Gasteiger partial charge in [-0.05, 0) is 36.5 Å². The van der Waals surface area contributed by atoms with Crippen LogP contribution in [0.3, 0.4) is 0 Å². The molecule has 1 aromatic rings. The summed E-state index contributed by atoms with van der Waals surface area (Å²) in [5.41, 5.74) is 0.841. The lowest BCUT2D eigenvalue weighted by atomic mass is 10.2. The third-order valence-corrected chi connectivity index (χ3v) is 1.38. The molecule has 0 aliphatic carbocycles. The van der Waals surface area contributed by atoms with Crippen molar-refractivity contribution in [1.82, 2.24) is 0 Å². The fourth-order valence-electron chi connectivity index (χ4n) is 0.731. The third-order valence-electron chi connectivity index (χ3n) is 1.29. The molecule has 0 atom stereocenters. The van der Waals surface area contributed by atoms with Gasteiger partial charge in [0, 0.05) is 0 Å². The normalized spacial score (nSPS) is 8.67. The lowest BCUT2D eigenvalue weighted by Crippen LogP contribution is -1.93. The molecule has 1 N–H and O–H groups in total. The topological polar surface area (TPSA) is 49.7 Å². The monoisotopic (exact) mass is 179 g/mol. The van der Waals surface area contributed by atoms with Crippen LogP contribution in [0, 0.1) is 0 Å². The van der Waals surface area contributed by atoms with E-state index in [9.17, 15) is 4.79 Å². The van der Waals surface area contributed by atoms with Crippen LogP contribution in [0.1, 0.15) is 10.4 Å². The minimum absolute atomic E-state index is 0.235. The molecule has 0 fully saturated rings. The minimum atomic E-state index is -0.951. The van der Waals surface area contributed by atoms with Crippen molar-refractivity contribution >= 4 is 29.0 Å². The Morgan fingerprint density at radius 3 is 2.42 bits per heavy atom. The van der Waals surface area contributed by atoms with Gasteiger partial charge in [0.25, 0.3) is 0 Å². The average Bonchev–Trinajstić information content (AvgIpc) is 2.06. The van der Waals surface area contributed by atoms with E-state index in [1.807, 2.05) is 0 Å². The number of hydrogen-bond acceptors (Lipinski definition) is 3. The molecule has 0 amide bonds. The Hall–Kier alpha value is -1.51. The minimum Gasteiger partial charge on any atom is -0.478 e. The van der Waals surface area contributed by atoms with Crippen molar-refractivity contribution in [3.63, 3.8) is 0 Å². The number of isothiocyanates is 1. The highest BCUT2D eigenvalue weighted by Gasteiger charge is 1.99. The summed E-state index contributed by atoms with van der Waals surface area (Å²) in [6.45, 7) is 0. The molecule has 0 aliphatic rings. The van der Waals surface area contributed by atoms with E-state index >= 15 is 0 Å². The molecule has 60 valence electrons. The van der Waals surface area contributed by atoms with Crippen LogP contribution in [-0.4, -0.2) is 16.2 Å². The van der Waals surface area contributed by atoms with Crippen LogP contribution in [0.15, 0.2) is 29.3 Å². The fraction of sp³-hybridized carbons (Fsp3) is 0. The summed E-state index contributed by atoms with van der Waals surface area (Å²) in [5, 5.41) is 10.7. The largest absolute Gasteiger partial charge is 0.478 e. The number of aromatic carboxylic acids is 1. The number of carboxylic acids is 1. The Kier molecular flexibility index (Phi) is 2.69. The second kappa shape index (κ2) is 3.76. The van der Waals surface area contributed by atoms with Crippen LogP contribution in [0.2, 0.25) is 0 Å². The van der Waals surface area contributed by atoms with E-state index in [0.717, 1.165) is 0 Å². The first kappa shape index (κ1) is 8.59. The van der Waals surface area contributed by atoms with E-state index in [2.05, 4.69) is 22.4 Å². The molecule has 0 aliphatic heterocycles. The molecule has 0 radical (unpaired) electrons. The Labute approximate surface area is 74.4 Å². The van der Waals surface area contributed by atoms with Crippen molar-refractivity contribution in [3.8, 4) is 0 Å². The summed E-state index contributed by atoms with van der Waals surface area (Å²) in [6.07, 6.45) is 0. The number of rotatable bonds is 2. The second-order valence-electron chi connectivity index (χ2n) is 2.06. The average molecular weight is 179 g/mol. The first-order valence-corrected chi connectivity index (χ1v) is 3.56. The Morgan fingerprint density at radius 2 is 2.00 bits per heavy atom. The van der Waals surface area contributed by atoms with Crippen molar-refractivity contribution in [2.75, 3.05) is 0 Å². The highest BCUT2D eigenvalue weighted by molar-refractivity contribution is 7.78. The van der Waals surface area contributed by atoms with Crippen molar-refractivity contribution in [3.05, 3.63) is 29.8 Å². The molecular formula is C8H5NO2S. The number of benzene rings is 1. The lowest BCUT2D eigenvalue weighted by molar-refractivity contribution is 0.0697. The quantitative estimate of drug-likeness (QED) is 0.558. The van der Waals surface area contributed by atoms with E-state index in [1.54, 1.807) is 12.1 Å². The molecule has 12 heavy (non-hydrogen) atoms. The summed E-state index contributed by atoms with van der Waals surface area (Å²) >= 11 is 4.39. The van der Waals surface area contributed by atoms with Gasteiger partial charge >= 0.3 is 5.97 Å². The summed E-state index contributed by atoms with van der Waals surface area (Å²) in [4.78, 5) is 14.1. The van der Waals surface area contributed by atoms with Gasteiger partial charge in [0.05, 0.1) is 16.4 Å². The smallest absolute Gasteiger partial charge is 0.335 e. The zero-order valence-corrected chi connectivity index (χ0v) is 6.84. The zero-order chi connectivity index (χ0) is 8.97. The van der Waals surface area contributed by atoms with Crippen molar-refractivity contribution in [2.24, 2.45) is 4.99 Å². The molecule has 4 heteroatoms. The fourth-order valence-corrected chi connectivity index (χ4v) is 0.837. The van der Waals surface area contributed by atoms with Crippen molar-refractivity contribution < 1.29 is 9.90 Å². The number of hydrogen-bond donors (Lipinski definition) is 1. The van der Waals surface area contributed by atoms with Crippen LogP contribution in [-0.2, 0) is 0 Å². The Morgan fingerprint density at radius 1 is 1.42 bits per heavy atom. The van der Waals surface area contributed by atoms with Gasteiger partial charge in [-0.15, -0.1) is 0 Å². The Bertz CT molecular complexity index is 318. The van der Waals surface area contributed by atoms with Gasteiger partial charge in [0.1, 0.15) is 0 Å². The SMILES string of the molecule is O=C(O)c1ccc(N=C=S)cc1. The van der Waals surface area contributed by atoms with Gasteiger partial charge in [-0.25, -0.2) is 4.79 Å².